The van der Waals surface area contributed by atoms with Crippen LogP contribution in [0.15, 0.2) is 67.0 Å². The molecule has 2 fully saturated rings. The number of carbonyl (C=O) groups excluding carboxylic acids is 1. The number of amides is 1. The van der Waals surface area contributed by atoms with E-state index in [4.69, 9.17) is 15.2 Å². The van der Waals surface area contributed by atoms with Gasteiger partial charge in [0.2, 0.25) is 5.91 Å². The Hall–Kier alpha value is -4.72. The average Bonchev–Trinajstić information content (AvgIpc) is 3.31. The fourth-order valence-corrected chi connectivity index (χ4v) is 5.91. The molecule has 6 rings (SSSR count). The number of nitrogens with two attached hydrogens (primary N) is 1. The second kappa shape index (κ2) is 12.5. The Labute approximate surface area is 256 Å². The highest BCUT2D eigenvalue weighted by Gasteiger charge is 2.55. The molecule has 2 aromatic heterocycles. The number of halogens is 1. The predicted molar refractivity (Wildman–Crippen MR) is 167 cm³/mol. The minimum atomic E-state index is -0.359. The fraction of sp³-hybridized carbons (Fsp3) is 0.324. The lowest BCUT2D eigenvalue weighted by atomic mass is 10.0. The van der Waals surface area contributed by atoms with Crippen molar-refractivity contribution in [3.05, 3.63) is 78.5 Å². The van der Waals surface area contributed by atoms with Crippen LogP contribution in [-0.4, -0.2) is 77.2 Å². The van der Waals surface area contributed by atoms with Gasteiger partial charge in [-0.05, 0) is 54.6 Å². The molecule has 0 unspecified atom stereocenters. The van der Waals surface area contributed by atoms with Crippen LogP contribution in [0, 0.1) is 35.4 Å². The molecule has 1 aliphatic carbocycles. The Morgan fingerprint density at radius 2 is 1.93 bits per heavy atom. The summed E-state index contributed by atoms with van der Waals surface area (Å²) in [4.78, 5) is 25.5. The molecule has 2 N–H and O–H groups in total. The van der Waals surface area contributed by atoms with E-state index in [1.54, 1.807) is 25.3 Å². The van der Waals surface area contributed by atoms with Gasteiger partial charge in [0.25, 0.3) is 0 Å². The highest BCUT2D eigenvalue weighted by molar-refractivity contribution is 6.03. The molecule has 1 saturated heterocycles. The molecule has 3 atom stereocenters. The molecule has 44 heavy (non-hydrogen) atoms. The molecule has 1 aliphatic heterocycles. The van der Waals surface area contributed by atoms with Crippen LogP contribution in [0.3, 0.4) is 0 Å². The number of carbonyl (C=O) groups is 1. The summed E-state index contributed by atoms with van der Waals surface area (Å²) in [6, 6.07) is 13.6. The van der Waals surface area contributed by atoms with Crippen LogP contribution in [0.25, 0.3) is 22.2 Å². The van der Waals surface area contributed by atoms with Gasteiger partial charge in [-0.15, -0.1) is 0 Å². The van der Waals surface area contributed by atoms with Gasteiger partial charge < -0.3 is 29.6 Å². The topological polar surface area (TPSA) is 98.7 Å². The number of likely N-dealkylation sites (N-methyl/N-ethyl adjacent to an activating group) is 1. The maximum Gasteiger partial charge on any atom is 0.246 e. The van der Waals surface area contributed by atoms with Crippen LogP contribution in [0.5, 0.6) is 11.5 Å². The van der Waals surface area contributed by atoms with Crippen LogP contribution in [-0.2, 0) is 16.6 Å². The van der Waals surface area contributed by atoms with E-state index in [9.17, 15) is 9.18 Å². The van der Waals surface area contributed by atoms with Crippen molar-refractivity contribution < 1.29 is 18.7 Å². The normalized spacial score (nSPS) is 18.9. The SMILES string of the molecule is COCCN(C)C/C=C/C(=O)N1C[C@@H]2[C@@H](C#Cc3c(-c4ccc(Oc5cccc(F)c5)cc4)c4c(N)ncnc4n3C)[C@@H]2C1. The predicted octanol–water partition coefficient (Wildman–Crippen LogP) is 4.34. The number of hydrogen-bond donors (Lipinski definition) is 1. The van der Waals surface area contributed by atoms with Gasteiger partial charge >= 0.3 is 0 Å². The third-order valence-electron chi connectivity index (χ3n) is 8.39. The molecule has 0 bridgehead atoms. The fourth-order valence-electron chi connectivity index (χ4n) is 5.91. The standard InChI is InChI=1S/C34H35FN6O3/c1-39(16-17-43-3)15-5-8-30(42)41-19-27-26(28(27)20-41)13-14-29-31(32-33(36)37-21-38-34(32)40(29)2)22-9-11-24(12-10-22)44-25-7-4-6-23(35)18-25/h4-12,18,21,26-28H,15-17,19-20H2,1-3H3,(H2,36,37,38)/b8-5+/t26-,27-,28+. The number of hydrogen-bond acceptors (Lipinski definition) is 7. The number of benzene rings is 2. The number of aromatic nitrogens is 3. The highest BCUT2D eigenvalue weighted by Crippen LogP contribution is 2.51. The molecular formula is C34H35FN6O3. The molecule has 2 aromatic carbocycles. The number of anilines is 1. The summed E-state index contributed by atoms with van der Waals surface area (Å²) >= 11 is 0. The van der Waals surface area contributed by atoms with Gasteiger partial charge in [0.05, 0.1) is 12.0 Å². The van der Waals surface area contributed by atoms with Gasteiger partial charge in [-0.1, -0.05) is 30.2 Å². The van der Waals surface area contributed by atoms with E-state index in [0.29, 0.717) is 48.0 Å². The van der Waals surface area contributed by atoms with Crippen molar-refractivity contribution in [2.75, 3.05) is 52.7 Å². The Kier molecular flexibility index (Phi) is 8.33. The number of likely N-dealkylation sites (tertiary alicyclic amines) is 1. The van der Waals surface area contributed by atoms with Crippen molar-refractivity contribution in [3.8, 4) is 34.5 Å². The molecular weight excluding hydrogens is 559 g/mol. The Morgan fingerprint density at radius 1 is 1.16 bits per heavy atom. The van der Waals surface area contributed by atoms with Gasteiger partial charge in [0.15, 0.2) is 0 Å². The summed E-state index contributed by atoms with van der Waals surface area (Å²) in [5, 5.41) is 0.741. The van der Waals surface area contributed by atoms with Crippen LogP contribution in [0.1, 0.15) is 5.69 Å². The third-order valence-corrected chi connectivity index (χ3v) is 8.39. The van der Waals surface area contributed by atoms with Crippen molar-refractivity contribution >= 4 is 22.8 Å². The molecule has 0 spiro atoms. The van der Waals surface area contributed by atoms with Gasteiger partial charge in [-0.2, -0.15) is 0 Å². The quantitative estimate of drug-likeness (QED) is 0.227. The van der Waals surface area contributed by atoms with E-state index >= 15 is 0 Å². The van der Waals surface area contributed by atoms with E-state index in [2.05, 4.69) is 26.7 Å². The zero-order valence-electron chi connectivity index (χ0n) is 25.0. The minimum absolute atomic E-state index is 0.0545. The van der Waals surface area contributed by atoms with Crippen LogP contribution in [0.2, 0.25) is 0 Å². The smallest absolute Gasteiger partial charge is 0.246 e. The minimum Gasteiger partial charge on any atom is -0.457 e. The molecule has 0 radical (unpaired) electrons. The summed E-state index contributed by atoms with van der Waals surface area (Å²) in [6.45, 7) is 3.63. The van der Waals surface area contributed by atoms with Crippen LogP contribution in [0.4, 0.5) is 10.2 Å². The van der Waals surface area contributed by atoms with E-state index < -0.39 is 0 Å². The lowest BCUT2D eigenvalue weighted by Crippen LogP contribution is -2.30. The Balaban J connectivity index is 1.18. The van der Waals surface area contributed by atoms with Crippen molar-refractivity contribution in [1.82, 2.24) is 24.3 Å². The van der Waals surface area contributed by atoms with Crippen molar-refractivity contribution in [2.45, 2.75) is 0 Å². The monoisotopic (exact) mass is 594 g/mol. The number of nitrogens with zero attached hydrogens (tertiary/aromatic N) is 5. The molecule has 2 aliphatic rings. The van der Waals surface area contributed by atoms with Crippen LogP contribution >= 0.6 is 0 Å². The first-order chi connectivity index (χ1) is 21.3. The maximum absolute atomic E-state index is 13.6. The lowest BCUT2D eigenvalue weighted by molar-refractivity contribution is -0.125. The molecule has 9 nitrogen and oxygen atoms in total. The number of ether oxygens (including phenoxy) is 2. The van der Waals surface area contributed by atoms with Crippen molar-refractivity contribution in [3.63, 3.8) is 0 Å². The van der Waals surface area contributed by atoms with E-state index in [0.717, 1.165) is 41.8 Å². The lowest BCUT2D eigenvalue weighted by Gasteiger charge is -2.17. The second-order valence-electron chi connectivity index (χ2n) is 11.3. The van der Waals surface area contributed by atoms with Gasteiger partial charge in [-0.25, -0.2) is 14.4 Å². The third kappa shape index (κ3) is 6.02. The second-order valence-corrected chi connectivity index (χ2v) is 11.3. The summed E-state index contributed by atoms with van der Waals surface area (Å²) < 4.78 is 26.5. The first-order valence-electron chi connectivity index (χ1n) is 14.6. The number of rotatable bonds is 9. The van der Waals surface area contributed by atoms with Gasteiger partial charge in [0.1, 0.15) is 40.8 Å². The first-order valence-corrected chi connectivity index (χ1v) is 14.6. The Bertz CT molecular complexity index is 1760. The molecule has 1 saturated carbocycles. The van der Waals surface area contributed by atoms with Crippen LogP contribution < -0.4 is 10.5 Å². The van der Waals surface area contributed by atoms with E-state index in [-0.39, 0.29) is 17.6 Å². The number of aryl methyl sites for hydroxylation is 1. The molecule has 1 amide bonds. The first kappa shape index (κ1) is 29.4. The summed E-state index contributed by atoms with van der Waals surface area (Å²) in [5.41, 5.74) is 9.60. The van der Waals surface area contributed by atoms with Crippen molar-refractivity contribution in [1.29, 1.82) is 0 Å². The zero-order chi connectivity index (χ0) is 30.8. The van der Waals surface area contributed by atoms with E-state index in [1.807, 2.05) is 53.9 Å². The maximum atomic E-state index is 13.6. The number of piperidine rings is 1. The Morgan fingerprint density at radius 3 is 2.66 bits per heavy atom. The number of methoxy groups -OCH3 is 1. The summed E-state index contributed by atoms with van der Waals surface area (Å²) in [7, 11) is 5.61. The van der Waals surface area contributed by atoms with Crippen molar-refractivity contribution in [2.24, 2.45) is 24.8 Å². The molecule has 10 heteroatoms. The molecule has 3 heterocycles. The number of nitrogen functional groups attached to an aromatic ring is 1. The largest absolute Gasteiger partial charge is 0.457 e. The highest BCUT2D eigenvalue weighted by atomic mass is 19.1. The summed E-state index contributed by atoms with van der Waals surface area (Å²) in [5.74, 6) is 9.01. The average molecular weight is 595 g/mol. The zero-order valence-corrected chi connectivity index (χ0v) is 25.0. The van der Waals surface area contributed by atoms with Gasteiger partial charge in [-0.3, -0.25) is 4.79 Å². The van der Waals surface area contributed by atoms with Gasteiger partial charge in [0, 0.05) is 64.0 Å². The molecule has 226 valence electrons. The molecule has 4 aromatic rings. The van der Waals surface area contributed by atoms with E-state index in [1.165, 1.54) is 18.5 Å². The number of fused-ring (bicyclic) bond motifs is 2. The summed E-state index contributed by atoms with van der Waals surface area (Å²) in [6.07, 6.45) is 5.05.